The molecule has 0 atom stereocenters. The summed E-state index contributed by atoms with van der Waals surface area (Å²) >= 11 is 7.12. The van der Waals surface area contributed by atoms with Crippen molar-refractivity contribution in [1.82, 2.24) is 16.2 Å². The van der Waals surface area contributed by atoms with Crippen molar-refractivity contribution in [3.05, 3.63) is 63.2 Å². The molecular weight excluding hydrogens is 481 g/mol. The Morgan fingerprint density at radius 3 is 2.33 bits per heavy atom. The van der Waals surface area contributed by atoms with Crippen LogP contribution in [0.15, 0.2) is 48.5 Å². The summed E-state index contributed by atoms with van der Waals surface area (Å²) in [6.45, 7) is 0.718. The number of halogens is 1. The van der Waals surface area contributed by atoms with E-state index >= 15 is 0 Å². The van der Waals surface area contributed by atoms with E-state index in [2.05, 4.69) is 38.8 Å². The molecule has 0 heterocycles. The summed E-state index contributed by atoms with van der Waals surface area (Å²) < 4.78 is 11.3. The quantitative estimate of drug-likeness (QED) is 0.245. The monoisotopic (exact) mass is 499 g/mol. The highest BCUT2D eigenvalue weighted by Crippen LogP contribution is 2.17. The number of rotatable bonds is 6. The minimum absolute atomic E-state index is 0.0361. The molecule has 142 valence electrons. The highest BCUT2D eigenvalue weighted by Gasteiger charge is 2.14. The van der Waals surface area contributed by atoms with Gasteiger partial charge in [0.25, 0.3) is 11.8 Å². The van der Waals surface area contributed by atoms with Crippen LogP contribution in [0.2, 0.25) is 0 Å². The molecule has 0 aromatic heterocycles. The maximum atomic E-state index is 12.4. The fraction of sp³-hybridized carbons (Fsp3) is 0.167. The van der Waals surface area contributed by atoms with Crippen molar-refractivity contribution in [2.75, 3.05) is 20.3 Å². The molecule has 0 bridgehead atoms. The van der Waals surface area contributed by atoms with E-state index in [0.29, 0.717) is 30.1 Å². The molecule has 0 saturated carbocycles. The number of carbonyl (C=O) groups is 2. The largest absolute Gasteiger partial charge is 0.490 e. The molecule has 0 spiro atoms. The van der Waals surface area contributed by atoms with Crippen LogP contribution in [0.1, 0.15) is 20.7 Å². The van der Waals surface area contributed by atoms with Crippen molar-refractivity contribution >= 4 is 51.7 Å². The van der Waals surface area contributed by atoms with Gasteiger partial charge in [-0.25, -0.2) is 0 Å². The number of amides is 2. The Labute approximate surface area is 175 Å². The summed E-state index contributed by atoms with van der Waals surface area (Å²) in [5, 5.41) is 2.47. The number of hydrogen-bond acceptors (Lipinski definition) is 5. The van der Waals surface area contributed by atoms with E-state index in [9.17, 15) is 9.59 Å². The standard InChI is InChI=1S/C18H18IN3O4S/c1-25-10-11-26-15-9-5-3-7-13(15)16(23)20-18(27)22-21-17(24)12-6-2-4-8-14(12)19/h2-9H,10-11H2,1H3,(H,21,24)(H2,20,22,23,27). The second-order valence-electron chi connectivity index (χ2n) is 5.18. The van der Waals surface area contributed by atoms with Gasteiger partial charge in [0.15, 0.2) is 5.11 Å². The van der Waals surface area contributed by atoms with Gasteiger partial charge < -0.3 is 9.47 Å². The topological polar surface area (TPSA) is 88.7 Å². The van der Waals surface area contributed by atoms with Crippen LogP contribution in [0.5, 0.6) is 5.75 Å². The fourth-order valence-electron chi connectivity index (χ4n) is 2.04. The van der Waals surface area contributed by atoms with Crippen LogP contribution in [-0.4, -0.2) is 37.3 Å². The van der Waals surface area contributed by atoms with Gasteiger partial charge in [-0.1, -0.05) is 24.3 Å². The van der Waals surface area contributed by atoms with E-state index in [1.807, 2.05) is 12.1 Å². The van der Waals surface area contributed by atoms with Gasteiger partial charge in [-0.2, -0.15) is 0 Å². The molecule has 3 N–H and O–H groups in total. The van der Waals surface area contributed by atoms with Crippen molar-refractivity contribution < 1.29 is 19.1 Å². The predicted octanol–water partition coefficient (Wildman–Crippen LogP) is 2.27. The van der Waals surface area contributed by atoms with Crippen LogP contribution >= 0.6 is 34.8 Å². The number of thiocarbonyl (C=S) groups is 1. The first-order valence-corrected chi connectivity index (χ1v) is 9.38. The zero-order valence-corrected chi connectivity index (χ0v) is 17.4. The summed E-state index contributed by atoms with van der Waals surface area (Å²) in [6, 6.07) is 13.9. The minimum Gasteiger partial charge on any atom is -0.490 e. The molecule has 0 aliphatic heterocycles. The average Bonchev–Trinajstić information content (AvgIpc) is 2.67. The van der Waals surface area contributed by atoms with Crippen LogP contribution in [0.25, 0.3) is 0 Å². The lowest BCUT2D eigenvalue weighted by atomic mass is 10.2. The predicted molar refractivity (Wildman–Crippen MR) is 114 cm³/mol. The number of nitrogens with one attached hydrogen (secondary N) is 3. The second kappa shape index (κ2) is 10.8. The summed E-state index contributed by atoms with van der Waals surface area (Å²) in [5.41, 5.74) is 5.79. The molecule has 0 fully saturated rings. The highest BCUT2D eigenvalue weighted by atomic mass is 127. The van der Waals surface area contributed by atoms with Gasteiger partial charge in [-0.15, -0.1) is 0 Å². The van der Waals surface area contributed by atoms with Crippen molar-refractivity contribution in [3.63, 3.8) is 0 Å². The van der Waals surface area contributed by atoms with Crippen molar-refractivity contribution in [3.8, 4) is 5.75 Å². The van der Waals surface area contributed by atoms with E-state index < -0.39 is 5.91 Å². The second-order valence-corrected chi connectivity index (χ2v) is 6.75. The third-order valence-electron chi connectivity index (χ3n) is 3.31. The molecule has 0 aliphatic carbocycles. The van der Waals surface area contributed by atoms with Crippen LogP contribution in [0, 0.1) is 3.57 Å². The molecule has 2 aromatic rings. The van der Waals surface area contributed by atoms with Crippen molar-refractivity contribution in [2.45, 2.75) is 0 Å². The summed E-state index contributed by atoms with van der Waals surface area (Å²) in [4.78, 5) is 24.6. The number of hydrazine groups is 1. The zero-order valence-electron chi connectivity index (χ0n) is 14.5. The lowest BCUT2D eigenvalue weighted by Crippen LogP contribution is -2.48. The summed E-state index contributed by atoms with van der Waals surface area (Å²) in [6.07, 6.45) is 0. The number of para-hydroxylation sites is 1. The Kier molecular flexibility index (Phi) is 8.43. The normalized spacial score (nSPS) is 10.0. The lowest BCUT2D eigenvalue weighted by Gasteiger charge is -2.13. The number of carbonyl (C=O) groups excluding carboxylic acids is 2. The number of methoxy groups -OCH3 is 1. The molecule has 0 unspecified atom stereocenters. The molecule has 2 rings (SSSR count). The Morgan fingerprint density at radius 1 is 0.963 bits per heavy atom. The van der Waals surface area contributed by atoms with Gasteiger partial charge in [0.1, 0.15) is 12.4 Å². The Morgan fingerprint density at radius 2 is 1.63 bits per heavy atom. The molecule has 9 heteroatoms. The maximum Gasteiger partial charge on any atom is 0.270 e. The molecule has 2 aromatic carbocycles. The van der Waals surface area contributed by atoms with Crippen molar-refractivity contribution in [1.29, 1.82) is 0 Å². The van der Waals surface area contributed by atoms with E-state index in [4.69, 9.17) is 21.7 Å². The first kappa shape index (κ1) is 21.1. The first-order chi connectivity index (χ1) is 13.0. The lowest BCUT2D eigenvalue weighted by molar-refractivity contribution is 0.0932. The van der Waals surface area contributed by atoms with Crippen LogP contribution in [-0.2, 0) is 4.74 Å². The van der Waals surface area contributed by atoms with E-state index in [-0.39, 0.29) is 11.0 Å². The van der Waals surface area contributed by atoms with Gasteiger partial charge in [0.2, 0.25) is 0 Å². The van der Waals surface area contributed by atoms with Crippen LogP contribution in [0.3, 0.4) is 0 Å². The minimum atomic E-state index is -0.455. The molecular formula is C18H18IN3O4S. The highest BCUT2D eigenvalue weighted by molar-refractivity contribution is 14.1. The van der Waals surface area contributed by atoms with E-state index in [0.717, 1.165) is 3.57 Å². The third kappa shape index (κ3) is 6.45. The van der Waals surface area contributed by atoms with E-state index in [1.165, 1.54) is 0 Å². The Bertz CT molecular complexity index is 832. The van der Waals surface area contributed by atoms with Gasteiger partial charge >= 0.3 is 0 Å². The number of hydrogen-bond donors (Lipinski definition) is 3. The smallest absolute Gasteiger partial charge is 0.270 e. The SMILES string of the molecule is COCCOc1ccccc1C(=O)NC(=S)NNC(=O)c1ccccc1I. The van der Waals surface area contributed by atoms with Gasteiger partial charge in [0, 0.05) is 10.7 Å². The summed E-state index contributed by atoms with van der Waals surface area (Å²) in [7, 11) is 1.57. The van der Waals surface area contributed by atoms with Crippen molar-refractivity contribution in [2.24, 2.45) is 0 Å². The van der Waals surface area contributed by atoms with Gasteiger partial charge in [-0.05, 0) is 59.1 Å². The number of benzene rings is 2. The van der Waals surface area contributed by atoms with Crippen LogP contribution < -0.4 is 20.9 Å². The number of ether oxygens (including phenoxy) is 2. The van der Waals surface area contributed by atoms with Gasteiger partial charge in [0.05, 0.1) is 17.7 Å². The molecule has 27 heavy (non-hydrogen) atoms. The first-order valence-electron chi connectivity index (χ1n) is 7.90. The molecule has 7 nitrogen and oxygen atoms in total. The average molecular weight is 499 g/mol. The molecule has 2 amide bonds. The van der Waals surface area contributed by atoms with Crippen LogP contribution in [0.4, 0.5) is 0 Å². The maximum absolute atomic E-state index is 12.4. The molecule has 0 saturated heterocycles. The Balaban J connectivity index is 1.91. The molecule has 0 radical (unpaired) electrons. The Hall–Kier alpha value is -2.24. The van der Waals surface area contributed by atoms with Gasteiger partial charge in [-0.3, -0.25) is 25.8 Å². The third-order valence-corrected chi connectivity index (χ3v) is 4.46. The molecule has 0 aliphatic rings. The van der Waals surface area contributed by atoms with E-state index in [1.54, 1.807) is 43.5 Å². The fourth-order valence-corrected chi connectivity index (χ4v) is 2.82. The zero-order chi connectivity index (χ0) is 19.6. The summed E-state index contributed by atoms with van der Waals surface area (Å²) in [5.74, 6) is -0.401.